The second-order valence-corrected chi connectivity index (χ2v) is 8.50. The second-order valence-electron chi connectivity index (χ2n) is 7.55. The van der Waals surface area contributed by atoms with Crippen molar-refractivity contribution in [3.8, 4) is 11.3 Å². The van der Waals surface area contributed by atoms with Crippen LogP contribution >= 0.6 is 11.8 Å². The Labute approximate surface area is 186 Å². The van der Waals surface area contributed by atoms with Gasteiger partial charge in [0.2, 0.25) is 5.91 Å². The van der Waals surface area contributed by atoms with Crippen molar-refractivity contribution in [2.75, 3.05) is 18.9 Å². The molecule has 1 amide bonds. The topological polar surface area (TPSA) is 56.2 Å². The lowest BCUT2D eigenvalue weighted by molar-refractivity contribution is -0.118. The highest BCUT2D eigenvalue weighted by molar-refractivity contribution is 7.99. The smallest absolute Gasteiger partial charge is 0.230 e. The lowest BCUT2D eigenvalue weighted by Gasteiger charge is -2.16. The Hall–Kier alpha value is -2.64. The summed E-state index contributed by atoms with van der Waals surface area (Å²) >= 11 is 1.44. The van der Waals surface area contributed by atoms with Crippen molar-refractivity contribution in [2.24, 2.45) is 0 Å². The van der Waals surface area contributed by atoms with Gasteiger partial charge in [0.05, 0.1) is 30.3 Å². The molecule has 2 aromatic carbocycles. The number of aromatic nitrogens is 2. The molecule has 1 aliphatic heterocycles. The first-order valence-corrected chi connectivity index (χ1v) is 11.5. The summed E-state index contributed by atoms with van der Waals surface area (Å²) in [6, 6.07) is 16.5. The highest BCUT2D eigenvalue weighted by Crippen LogP contribution is 2.28. The number of thioether (sulfide) groups is 1. The summed E-state index contributed by atoms with van der Waals surface area (Å²) in [5, 5.41) is 3.75. The summed E-state index contributed by atoms with van der Waals surface area (Å²) in [6.45, 7) is 2.06. The molecule has 1 unspecified atom stereocenters. The largest absolute Gasteiger partial charge is 0.376 e. The summed E-state index contributed by atoms with van der Waals surface area (Å²) in [7, 11) is 0. The van der Waals surface area contributed by atoms with Crippen LogP contribution in [-0.2, 0) is 22.5 Å². The van der Waals surface area contributed by atoms with Crippen molar-refractivity contribution in [3.05, 3.63) is 72.2 Å². The molecular formula is C24H26FN3O2S. The predicted octanol–water partition coefficient (Wildman–Crippen LogP) is 4.32. The fourth-order valence-corrected chi connectivity index (χ4v) is 4.48. The highest BCUT2D eigenvalue weighted by Gasteiger charge is 2.21. The third-order valence-corrected chi connectivity index (χ3v) is 6.27. The van der Waals surface area contributed by atoms with E-state index in [0.717, 1.165) is 48.0 Å². The molecule has 0 spiro atoms. The van der Waals surface area contributed by atoms with Crippen LogP contribution in [0.4, 0.5) is 4.39 Å². The van der Waals surface area contributed by atoms with E-state index in [2.05, 4.69) is 27.0 Å². The van der Waals surface area contributed by atoms with Crippen LogP contribution in [0.15, 0.2) is 66.0 Å². The molecule has 5 nitrogen and oxygen atoms in total. The van der Waals surface area contributed by atoms with E-state index < -0.39 is 0 Å². The van der Waals surface area contributed by atoms with Gasteiger partial charge in [0, 0.05) is 13.2 Å². The minimum absolute atomic E-state index is 0.0416. The summed E-state index contributed by atoms with van der Waals surface area (Å²) in [6.07, 6.45) is 4.85. The third kappa shape index (κ3) is 5.95. The molecule has 0 saturated carbocycles. The van der Waals surface area contributed by atoms with E-state index in [1.165, 1.54) is 23.9 Å². The Morgan fingerprint density at radius 1 is 1.19 bits per heavy atom. The van der Waals surface area contributed by atoms with Gasteiger partial charge in [-0.05, 0) is 42.5 Å². The zero-order chi connectivity index (χ0) is 21.5. The number of benzene rings is 2. The van der Waals surface area contributed by atoms with E-state index in [9.17, 15) is 9.18 Å². The van der Waals surface area contributed by atoms with Crippen molar-refractivity contribution in [2.45, 2.75) is 37.1 Å². The van der Waals surface area contributed by atoms with E-state index in [0.29, 0.717) is 18.7 Å². The van der Waals surface area contributed by atoms with E-state index in [4.69, 9.17) is 4.74 Å². The number of hydrogen-bond donors (Lipinski definition) is 1. The molecule has 1 saturated heterocycles. The standard InChI is InChI=1S/C24H26FN3O2S/c25-20-10-8-18(9-11-20)12-13-26-23(29)17-31-24-27-15-22(19-5-2-1-3-6-19)28(24)16-21-7-4-14-30-21/h1-3,5-6,8-11,15,21H,4,7,12-14,16-17H2,(H,26,29). The molecule has 0 bridgehead atoms. The molecule has 31 heavy (non-hydrogen) atoms. The first-order valence-electron chi connectivity index (χ1n) is 10.6. The number of nitrogens with one attached hydrogen (secondary N) is 1. The summed E-state index contributed by atoms with van der Waals surface area (Å²) in [5.41, 5.74) is 3.13. The van der Waals surface area contributed by atoms with Gasteiger partial charge in [-0.25, -0.2) is 9.37 Å². The first kappa shape index (κ1) is 21.6. The monoisotopic (exact) mass is 439 g/mol. The van der Waals surface area contributed by atoms with Crippen LogP contribution in [-0.4, -0.2) is 40.5 Å². The molecular weight excluding hydrogens is 413 g/mol. The van der Waals surface area contributed by atoms with Gasteiger partial charge < -0.3 is 14.6 Å². The zero-order valence-electron chi connectivity index (χ0n) is 17.3. The number of carbonyl (C=O) groups excluding carboxylic acids is 1. The molecule has 0 aliphatic carbocycles. The van der Waals surface area contributed by atoms with Gasteiger partial charge in [-0.15, -0.1) is 0 Å². The minimum Gasteiger partial charge on any atom is -0.376 e. The van der Waals surface area contributed by atoms with E-state index in [1.807, 2.05) is 24.4 Å². The number of amides is 1. The molecule has 1 aliphatic rings. The van der Waals surface area contributed by atoms with Gasteiger partial charge in [0.1, 0.15) is 5.82 Å². The molecule has 162 valence electrons. The fourth-order valence-electron chi connectivity index (χ4n) is 3.66. The number of rotatable bonds is 9. The van der Waals surface area contributed by atoms with Crippen LogP contribution in [0.25, 0.3) is 11.3 Å². The number of hydrogen-bond acceptors (Lipinski definition) is 4. The van der Waals surface area contributed by atoms with Gasteiger partial charge in [-0.1, -0.05) is 54.2 Å². The Morgan fingerprint density at radius 2 is 2.00 bits per heavy atom. The lowest BCUT2D eigenvalue weighted by Crippen LogP contribution is -2.27. The number of nitrogens with zero attached hydrogens (tertiary/aromatic N) is 2. The number of ether oxygens (including phenoxy) is 1. The van der Waals surface area contributed by atoms with Gasteiger partial charge in [-0.2, -0.15) is 0 Å². The molecule has 4 rings (SSSR count). The molecule has 7 heteroatoms. The number of imidazole rings is 1. The number of carbonyl (C=O) groups is 1. The number of halogens is 1. The molecule has 1 fully saturated rings. The maximum atomic E-state index is 13.0. The maximum Gasteiger partial charge on any atom is 0.230 e. The quantitative estimate of drug-likeness (QED) is 0.505. The molecule has 0 radical (unpaired) electrons. The van der Waals surface area contributed by atoms with Gasteiger partial charge in [0.15, 0.2) is 5.16 Å². The van der Waals surface area contributed by atoms with Crippen LogP contribution in [0.3, 0.4) is 0 Å². The molecule has 1 atom stereocenters. The van der Waals surface area contributed by atoms with Gasteiger partial charge >= 0.3 is 0 Å². The third-order valence-electron chi connectivity index (χ3n) is 5.28. The molecule has 1 aromatic heterocycles. The first-order chi connectivity index (χ1) is 15.2. The summed E-state index contributed by atoms with van der Waals surface area (Å²) in [5.74, 6) is -0.00204. The normalized spacial score (nSPS) is 15.8. The van der Waals surface area contributed by atoms with Crippen molar-refractivity contribution in [1.82, 2.24) is 14.9 Å². The van der Waals surface area contributed by atoms with Crippen LogP contribution in [0, 0.1) is 5.82 Å². The highest BCUT2D eigenvalue weighted by atomic mass is 32.2. The Morgan fingerprint density at radius 3 is 2.74 bits per heavy atom. The van der Waals surface area contributed by atoms with Gasteiger partial charge in [0.25, 0.3) is 0 Å². The van der Waals surface area contributed by atoms with Crippen molar-refractivity contribution in [1.29, 1.82) is 0 Å². The molecule has 1 N–H and O–H groups in total. The molecule has 2 heterocycles. The van der Waals surface area contributed by atoms with Gasteiger partial charge in [-0.3, -0.25) is 4.79 Å². The minimum atomic E-state index is -0.252. The maximum absolute atomic E-state index is 13.0. The Kier molecular flexibility index (Phi) is 7.38. The van der Waals surface area contributed by atoms with Crippen LogP contribution in [0.2, 0.25) is 0 Å². The van der Waals surface area contributed by atoms with E-state index in [-0.39, 0.29) is 17.8 Å². The van der Waals surface area contributed by atoms with Crippen molar-refractivity contribution >= 4 is 17.7 Å². The van der Waals surface area contributed by atoms with E-state index in [1.54, 1.807) is 12.1 Å². The average molecular weight is 440 g/mol. The van der Waals surface area contributed by atoms with Crippen molar-refractivity contribution in [3.63, 3.8) is 0 Å². The Bertz CT molecular complexity index is 986. The molecule has 3 aromatic rings. The second kappa shape index (κ2) is 10.6. The van der Waals surface area contributed by atoms with Crippen molar-refractivity contribution < 1.29 is 13.9 Å². The van der Waals surface area contributed by atoms with Crippen LogP contribution < -0.4 is 5.32 Å². The summed E-state index contributed by atoms with van der Waals surface area (Å²) in [4.78, 5) is 16.9. The fraction of sp³-hybridized carbons (Fsp3) is 0.333. The van der Waals surface area contributed by atoms with E-state index >= 15 is 0 Å². The summed E-state index contributed by atoms with van der Waals surface area (Å²) < 4.78 is 21.0. The Balaban J connectivity index is 1.36. The van der Waals surface area contributed by atoms with Crippen LogP contribution in [0.1, 0.15) is 18.4 Å². The van der Waals surface area contributed by atoms with Crippen LogP contribution in [0.5, 0.6) is 0 Å². The predicted molar refractivity (Wildman–Crippen MR) is 120 cm³/mol. The average Bonchev–Trinajstić information content (AvgIpc) is 3.45. The zero-order valence-corrected chi connectivity index (χ0v) is 18.1. The SMILES string of the molecule is O=C(CSc1ncc(-c2ccccc2)n1CC1CCCO1)NCCc1ccc(F)cc1. The lowest BCUT2D eigenvalue weighted by atomic mass is 10.1.